The number of methoxy groups -OCH3 is 1. The summed E-state index contributed by atoms with van der Waals surface area (Å²) in [5.41, 5.74) is 2.75. The average molecular weight is 211 g/mol. The van der Waals surface area contributed by atoms with Gasteiger partial charge in [0.25, 0.3) is 0 Å². The van der Waals surface area contributed by atoms with Crippen molar-refractivity contribution >= 4 is 11.6 Å². The van der Waals surface area contributed by atoms with Gasteiger partial charge >= 0.3 is 0 Å². The first kappa shape index (κ1) is 9.85. The van der Waals surface area contributed by atoms with Crippen molar-refractivity contribution in [1.29, 1.82) is 0 Å². The number of halogens is 1. The van der Waals surface area contributed by atoms with Gasteiger partial charge in [0, 0.05) is 0 Å². The average Bonchev–Trinajstić information content (AvgIpc) is 2.37. The minimum absolute atomic E-state index is 0.128. The van der Waals surface area contributed by atoms with Gasteiger partial charge in [-0.15, -0.1) is 11.6 Å². The molecule has 1 aromatic carbocycles. The lowest BCUT2D eigenvalue weighted by molar-refractivity contribution is 0.379. The monoisotopic (exact) mass is 210 g/mol. The first-order valence-corrected chi connectivity index (χ1v) is 5.29. The molecule has 1 nitrogen and oxygen atoms in total. The maximum Gasteiger partial charge on any atom is 0.119 e. The van der Waals surface area contributed by atoms with Crippen LogP contribution < -0.4 is 4.74 Å². The summed E-state index contributed by atoms with van der Waals surface area (Å²) in [7, 11) is 1.69. The Labute approximate surface area is 90.0 Å². The molecule has 0 amide bonds. The molecule has 0 saturated heterocycles. The Bertz CT molecular complexity index is 357. The summed E-state index contributed by atoms with van der Waals surface area (Å²) in [6, 6.07) is 6.16. The predicted octanol–water partition coefficient (Wildman–Crippen LogP) is 3.56. The Hall–Kier alpha value is -0.690. The van der Waals surface area contributed by atoms with E-state index < -0.39 is 0 Å². The summed E-state index contributed by atoms with van der Waals surface area (Å²) >= 11 is 6.39. The molecule has 0 fully saturated rings. The predicted molar refractivity (Wildman–Crippen MR) is 59.1 cm³/mol. The van der Waals surface area contributed by atoms with Gasteiger partial charge in [-0.1, -0.05) is 19.9 Å². The Morgan fingerprint density at radius 3 is 2.79 bits per heavy atom. The highest BCUT2D eigenvalue weighted by atomic mass is 35.5. The van der Waals surface area contributed by atoms with E-state index in [1.165, 1.54) is 11.1 Å². The Morgan fingerprint density at radius 2 is 2.14 bits per heavy atom. The van der Waals surface area contributed by atoms with Crippen LogP contribution in [0.2, 0.25) is 0 Å². The molecule has 76 valence electrons. The van der Waals surface area contributed by atoms with Crippen LogP contribution in [-0.4, -0.2) is 7.11 Å². The lowest BCUT2D eigenvalue weighted by Crippen LogP contribution is -2.12. The largest absolute Gasteiger partial charge is 0.497 e. The van der Waals surface area contributed by atoms with Gasteiger partial charge in [0.15, 0.2) is 0 Å². The zero-order valence-corrected chi connectivity index (χ0v) is 9.56. The van der Waals surface area contributed by atoms with Gasteiger partial charge in [0.2, 0.25) is 0 Å². The van der Waals surface area contributed by atoms with Crippen LogP contribution in [0.25, 0.3) is 0 Å². The molecule has 1 atom stereocenters. The summed E-state index contributed by atoms with van der Waals surface area (Å²) in [6.45, 7) is 4.41. The van der Waals surface area contributed by atoms with Gasteiger partial charge in [-0.3, -0.25) is 0 Å². The van der Waals surface area contributed by atoms with Crippen molar-refractivity contribution in [3.8, 4) is 5.75 Å². The molecular weight excluding hydrogens is 196 g/mol. The van der Waals surface area contributed by atoms with Crippen LogP contribution in [-0.2, 0) is 6.42 Å². The van der Waals surface area contributed by atoms with Crippen LogP contribution in [0.1, 0.15) is 30.4 Å². The zero-order valence-electron chi connectivity index (χ0n) is 8.80. The zero-order chi connectivity index (χ0) is 10.3. The third-order valence-electron chi connectivity index (χ3n) is 2.96. The topological polar surface area (TPSA) is 9.23 Å². The summed E-state index contributed by atoms with van der Waals surface area (Å²) < 4.78 is 5.20. The van der Waals surface area contributed by atoms with Gasteiger partial charge in [-0.25, -0.2) is 0 Å². The van der Waals surface area contributed by atoms with Gasteiger partial charge in [-0.05, 0) is 35.1 Å². The van der Waals surface area contributed by atoms with E-state index in [4.69, 9.17) is 16.3 Å². The third kappa shape index (κ3) is 1.40. The third-order valence-corrected chi connectivity index (χ3v) is 3.78. The van der Waals surface area contributed by atoms with Crippen LogP contribution >= 0.6 is 11.6 Å². The minimum atomic E-state index is 0.128. The van der Waals surface area contributed by atoms with E-state index >= 15 is 0 Å². The summed E-state index contributed by atoms with van der Waals surface area (Å²) in [5.74, 6) is 0.922. The van der Waals surface area contributed by atoms with Crippen LogP contribution in [0.15, 0.2) is 18.2 Å². The van der Waals surface area contributed by atoms with Crippen LogP contribution in [0, 0.1) is 5.41 Å². The molecule has 0 heterocycles. The minimum Gasteiger partial charge on any atom is -0.497 e. The molecule has 0 saturated carbocycles. The van der Waals surface area contributed by atoms with Gasteiger partial charge in [-0.2, -0.15) is 0 Å². The molecule has 14 heavy (non-hydrogen) atoms. The molecule has 0 N–H and O–H groups in total. The molecule has 1 unspecified atom stereocenters. The molecule has 1 aromatic rings. The Morgan fingerprint density at radius 1 is 1.43 bits per heavy atom. The lowest BCUT2D eigenvalue weighted by atomic mass is 9.90. The van der Waals surface area contributed by atoms with E-state index in [2.05, 4.69) is 26.0 Å². The van der Waals surface area contributed by atoms with E-state index in [9.17, 15) is 0 Å². The molecule has 0 aliphatic heterocycles. The maximum atomic E-state index is 6.39. The molecule has 0 spiro atoms. The van der Waals surface area contributed by atoms with E-state index in [0.29, 0.717) is 0 Å². The lowest BCUT2D eigenvalue weighted by Gasteiger charge is -2.21. The van der Waals surface area contributed by atoms with Crippen molar-refractivity contribution in [1.82, 2.24) is 0 Å². The highest BCUT2D eigenvalue weighted by molar-refractivity contribution is 6.21. The molecule has 0 radical (unpaired) electrons. The fourth-order valence-corrected chi connectivity index (χ4v) is 2.40. The summed E-state index contributed by atoms with van der Waals surface area (Å²) in [6.07, 6.45) is 1.04. The molecule has 0 aromatic heterocycles. The number of hydrogen-bond acceptors (Lipinski definition) is 1. The second-order valence-electron chi connectivity index (χ2n) is 4.59. The van der Waals surface area contributed by atoms with Crippen molar-refractivity contribution in [3.63, 3.8) is 0 Å². The molecule has 0 bridgehead atoms. The number of fused-ring (bicyclic) bond motifs is 1. The van der Waals surface area contributed by atoms with E-state index in [1.54, 1.807) is 7.11 Å². The fraction of sp³-hybridized carbons (Fsp3) is 0.500. The van der Waals surface area contributed by atoms with Gasteiger partial charge in [0.05, 0.1) is 12.5 Å². The molecular formula is C12H15ClO. The number of rotatable bonds is 1. The molecule has 2 rings (SSSR count). The standard InChI is InChI=1S/C12H15ClO/c1-12(2)7-8-6-9(14-3)4-5-10(8)11(12)13/h4-6,11H,7H2,1-3H3. The number of ether oxygens (including phenoxy) is 1. The van der Waals surface area contributed by atoms with Gasteiger partial charge < -0.3 is 4.74 Å². The van der Waals surface area contributed by atoms with E-state index in [1.807, 2.05) is 6.07 Å². The normalized spacial score (nSPS) is 23.3. The number of benzene rings is 1. The molecule has 1 aliphatic rings. The number of hydrogen-bond donors (Lipinski definition) is 0. The smallest absolute Gasteiger partial charge is 0.119 e. The fourth-order valence-electron chi connectivity index (χ4n) is 2.11. The first-order chi connectivity index (χ1) is 6.54. The van der Waals surface area contributed by atoms with Crippen LogP contribution in [0.3, 0.4) is 0 Å². The maximum absolute atomic E-state index is 6.39. The molecule has 1 aliphatic carbocycles. The molecule has 2 heteroatoms. The summed E-state index contributed by atoms with van der Waals surface area (Å²) in [4.78, 5) is 0. The number of alkyl halides is 1. The van der Waals surface area contributed by atoms with Crippen LogP contribution in [0.5, 0.6) is 5.75 Å². The quantitative estimate of drug-likeness (QED) is 0.644. The Balaban J connectivity index is 2.44. The van der Waals surface area contributed by atoms with E-state index in [0.717, 1.165) is 12.2 Å². The highest BCUT2D eigenvalue weighted by Gasteiger charge is 2.37. The van der Waals surface area contributed by atoms with Crippen molar-refractivity contribution in [2.45, 2.75) is 25.6 Å². The first-order valence-electron chi connectivity index (χ1n) is 4.85. The highest BCUT2D eigenvalue weighted by Crippen LogP contribution is 2.49. The second-order valence-corrected chi connectivity index (χ2v) is 5.03. The Kier molecular flexibility index (Phi) is 2.23. The van der Waals surface area contributed by atoms with Crippen molar-refractivity contribution in [2.75, 3.05) is 7.11 Å². The SMILES string of the molecule is COc1ccc2c(c1)CC(C)(C)C2Cl. The second kappa shape index (κ2) is 3.16. The van der Waals surface area contributed by atoms with Gasteiger partial charge in [0.1, 0.15) is 5.75 Å². The van der Waals surface area contributed by atoms with Crippen molar-refractivity contribution < 1.29 is 4.74 Å². The van der Waals surface area contributed by atoms with Crippen molar-refractivity contribution in [2.24, 2.45) is 5.41 Å². The summed E-state index contributed by atoms with van der Waals surface area (Å²) in [5, 5.41) is 0.128. The van der Waals surface area contributed by atoms with Crippen molar-refractivity contribution in [3.05, 3.63) is 29.3 Å². The van der Waals surface area contributed by atoms with E-state index in [-0.39, 0.29) is 10.8 Å². The van der Waals surface area contributed by atoms with Crippen LogP contribution in [0.4, 0.5) is 0 Å².